The zero-order valence-electron chi connectivity index (χ0n) is 19.0. The maximum atomic E-state index is 13.2. The Morgan fingerprint density at radius 2 is 1.34 bits per heavy atom. The number of halogens is 1. The molecular formula is C29H25FN2O2S. The first kappa shape index (κ1) is 24.2. The van der Waals surface area contributed by atoms with E-state index in [0.717, 1.165) is 16.2 Å². The number of benzene rings is 4. The second kappa shape index (κ2) is 12.0. The monoisotopic (exact) mass is 484 g/mol. The van der Waals surface area contributed by atoms with Crippen molar-refractivity contribution in [2.45, 2.75) is 23.1 Å². The highest BCUT2D eigenvalue weighted by molar-refractivity contribution is 7.98. The summed E-state index contributed by atoms with van der Waals surface area (Å²) in [6, 6.07) is 31.8. The first-order valence-electron chi connectivity index (χ1n) is 11.2. The van der Waals surface area contributed by atoms with Crippen molar-refractivity contribution in [3.05, 3.63) is 132 Å². The van der Waals surface area contributed by atoms with E-state index < -0.39 is 17.8 Å². The molecule has 0 fully saturated rings. The SMILES string of the molecule is O=C(N[C@@H](Cc1ccccc1)C(=O)Nc1ccc(SCc2ccccc2)cc1)c1ccc(F)cc1. The van der Waals surface area contributed by atoms with E-state index in [4.69, 9.17) is 0 Å². The van der Waals surface area contributed by atoms with Crippen LogP contribution in [0.25, 0.3) is 0 Å². The Bertz CT molecular complexity index is 1250. The molecule has 4 aromatic carbocycles. The lowest BCUT2D eigenvalue weighted by Gasteiger charge is -2.19. The minimum atomic E-state index is -0.804. The van der Waals surface area contributed by atoms with E-state index in [-0.39, 0.29) is 11.5 Å². The summed E-state index contributed by atoms with van der Waals surface area (Å²) in [5.74, 6) is -0.325. The summed E-state index contributed by atoms with van der Waals surface area (Å²) >= 11 is 1.72. The van der Waals surface area contributed by atoms with Crippen LogP contribution in [0.15, 0.2) is 114 Å². The Morgan fingerprint density at radius 3 is 1.97 bits per heavy atom. The fourth-order valence-corrected chi connectivity index (χ4v) is 4.36. The topological polar surface area (TPSA) is 58.2 Å². The van der Waals surface area contributed by atoms with E-state index in [2.05, 4.69) is 22.8 Å². The van der Waals surface area contributed by atoms with Crippen LogP contribution in [0.5, 0.6) is 0 Å². The molecular weight excluding hydrogens is 459 g/mol. The number of hydrogen-bond donors (Lipinski definition) is 2. The number of carbonyl (C=O) groups excluding carboxylic acids is 2. The van der Waals surface area contributed by atoms with Gasteiger partial charge in [0.2, 0.25) is 5.91 Å². The molecule has 0 aliphatic rings. The normalized spacial score (nSPS) is 11.5. The lowest BCUT2D eigenvalue weighted by Crippen LogP contribution is -2.45. The van der Waals surface area contributed by atoms with Crippen molar-refractivity contribution in [3.63, 3.8) is 0 Å². The molecule has 176 valence electrons. The van der Waals surface area contributed by atoms with Crippen LogP contribution in [0.4, 0.5) is 10.1 Å². The molecule has 4 aromatic rings. The molecule has 2 amide bonds. The van der Waals surface area contributed by atoms with Crippen molar-refractivity contribution in [1.29, 1.82) is 0 Å². The van der Waals surface area contributed by atoms with Gasteiger partial charge in [0.15, 0.2) is 0 Å². The number of amides is 2. The van der Waals surface area contributed by atoms with Gasteiger partial charge in [-0.2, -0.15) is 0 Å². The summed E-state index contributed by atoms with van der Waals surface area (Å²) in [5, 5.41) is 5.70. The van der Waals surface area contributed by atoms with Gasteiger partial charge in [0, 0.05) is 28.3 Å². The van der Waals surface area contributed by atoms with E-state index in [9.17, 15) is 14.0 Å². The quantitative estimate of drug-likeness (QED) is 0.282. The highest BCUT2D eigenvalue weighted by Gasteiger charge is 2.22. The maximum absolute atomic E-state index is 13.2. The van der Waals surface area contributed by atoms with E-state index >= 15 is 0 Å². The predicted molar refractivity (Wildman–Crippen MR) is 139 cm³/mol. The largest absolute Gasteiger partial charge is 0.340 e. The second-order valence-corrected chi connectivity index (χ2v) is 9.06. The lowest BCUT2D eigenvalue weighted by atomic mass is 10.0. The molecule has 35 heavy (non-hydrogen) atoms. The molecule has 4 rings (SSSR count). The van der Waals surface area contributed by atoms with Crippen molar-refractivity contribution < 1.29 is 14.0 Å². The molecule has 0 spiro atoms. The highest BCUT2D eigenvalue weighted by Crippen LogP contribution is 2.24. The maximum Gasteiger partial charge on any atom is 0.251 e. The van der Waals surface area contributed by atoms with Crippen molar-refractivity contribution >= 4 is 29.3 Å². The average Bonchev–Trinajstić information content (AvgIpc) is 2.89. The van der Waals surface area contributed by atoms with Crippen LogP contribution in [0, 0.1) is 5.82 Å². The van der Waals surface area contributed by atoms with Gasteiger partial charge in [0.05, 0.1) is 0 Å². The molecule has 0 saturated carbocycles. The molecule has 1 atom stereocenters. The molecule has 0 aliphatic carbocycles. The number of nitrogens with one attached hydrogen (secondary N) is 2. The summed E-state index contributed by atoms with van der Waals surface area (Å²) in [6.07, 6.45) is 0.324. The summed E-state index contributed by atoms with van der Waals surface area (Å²) in [5.41, 5.74) is 3.10. The van der Waals surface area contributed by atoms with Crippen molar-refractivity contribution in [3.8, 4) is 0 Å². The molecule has 0 aliphatic heterocycles. The zero-order chi connectivity index (χ0) is 24.5. The Labute approximate surface area is 208 Å². The first-order chi connectivity index (χ1) is 17.1. The smallest absolute Gasteiger partial charge is 0.251 e. The van der Waals surface area contributed by atoms with Gasteiger partial charge in [0.25, 0.3) is 5.91 Å². The van der Waals surface area contributed by atoms with E-state index in [1.54, 1.807) is 11.8 Å². The van der Waals surface area contributed by atoms with Crippen LogP contribution < -0.4 is 10.6 Å². The Hall–Kier alpha value is -3.90. The van der Waals surface area contributed by atoms with Gasteiger partial charge in [0.1, 0.15) is 11.9 Å². The van der Waals surface area contributed by atoms with Gasteiger partial charge in [-0.25, -0.2) is 4.39 Å². The van der Waals surface area contributed by atoms with Gasteiger partial charge in [-0.15, -0.1) is 11.8 Å². The molecule has 2 N–H and O–H groups in total. The van der Waals surface area contributed by atoms with Crippen LogP contribution in [0.3, 0.4) is 0 Å². The van der Waals surface area contributed by atoms with E-state index in [1.807, 2.05) is 72.8 Å². The molecule has 0 heterocycles. The molecule has 0 saturated heterocycles. The summed E-state index contributed by atoms with van der Waals surface area (Å²) in [7, 11) is 0. The van der Waals surface area contributed by atoms with Crippen LogP contribution in [0.1, 0.15) is 21.5 Å². The molecule has 0 bridgehead atoms. The molecule has 4 nitrogen and oxygen atoms in total. The second-order valence-electron chi connectivity index (χ2n) is 8.01. The van der Waals surface area contributed by atoms with Crippen LogP contribution in [-0.4, -0.2) is 17.9 Å². The third kappa shape index (κ3) is 7.29. The Kier molecular flexibility index (Phi) is 8.30. The van der Waals surface area contributed by atoms with Crippen molar-refractivity contribution in [2.75, 3.05) is 5.32 Å². The van der Waals surface area contributed by atoms with Gasteiger partial charge in [-0.1, -0.05) is 60.7 Å². The van der Waals surface area contributed by atoms with E-state index in [1.165, 1.54) is 29.8 Å². The van der Waals surface area contributed by atoms with Crippen LogP contribution in [-0.2, 0) is 17.0 Å². The standard InChI is InChI=1S/C29H25FN2O2S/c30-24-13-11-23(12-14-24)28(33)32-27(19-21-7-3-1-4-8-21)29(34)31-25-15-17-26(18-16-25)35-20-22-9-5-2-6-10-22/h1-18,27H,19-20H2,(H,31,34)(H,32,33)/t27-/m0/s1. The number of anilines is 1. The highest BCUT2D eigenvalue weighted by atomic mass is 32.2. The van der Waals surface area contributed by atoms with Crippen LogP contribution in [0.2, 0.25) is 0 Å². The van der Waals surface area contributed by atoms with Crippen LogP contribution >= 0.6 is 11.8 Å². The summed E-state index contributed by atoms with van der Waals surface area (Å²) in [6.45, 7) is 0. The molecule has 0 radical (unpaired) electrons. The Morgan fingerprint density at radius 1 is 0.743 bits per heavy atom. The molecule has 0 unspecified atom stereocenters. The van der Waals surface area contributed by atoms with Gasteiger partial charge in [-0.3, -0.25) is 9.59 Å². The first-order valence-corrected chi connectivity index (χ1v) is 12.2. The number of hydrogen-bond acceptors (Lipinski definition) is 3. The third-order valence-corrected chi connectivity index (χ3v) is 6.46. The molecule has 6 heteroatoms. The number of thioether (sulfide) groups is 1. The lowest BCUT2D eigenvalue weighted by molar-refractivity contribution is -0.118. The van der Waals surface area contributed by atoms with Crippen molar-refractivity contribution in [2.24, 2.45) is 0 Å². The van der Waals surface area contributed by atoms with Crippen molar-refractivity contribution in [1.82, 2.24) is 5.32 Å². The van der Waals surface area contributed by atoms with Gasteiger partial charge in [-0.05, 0) is 59.7 Å². The van der Waals surface area contributed by atoms with Gasteiger partial charge >= 0.3 is 0 Å². The molecule has 0 aromatic heterocycles. The third-order valence-electron chi connectivity index (χ3n) is 5.38. The average molecular weight is 485 g/mol. The Balaban J connectivity index is 1.42. The van der Waals surface area contributed by atoms with E-state index in [0.29, 0.717) is 12.1 Å². The van der Waals surface area contributed by atoms with Gasteiger partial charge < -0.3 is 10.6 Å². The summed E-state index contributed by atoms with van der Waals surface area (Å²) < 4.78 is 13.2. The number of rotatable bonds is 9. The predicted octanol–water partition coefficient (Wildman–Crippen LogP) is 6.10. The fraction of sp³-hybridized carbons (Fsp3) is 0.103. The zero-order valence-corrected chi connectivity index (χ0v) is 19.8. The minimum absolute atomic E-state index is 0.289. The summed E-state index contributed by atoms with van der Waals surface area (Å²) in [4.78, 5) is 27.0. The number of carbonyl (C=O) groups is 2. The minimum Gasteiger partial charge on any atom is -0.340 e. The fourth-order valence-electron chi connectivity index (χ4n) is 3.51.